The Morgan fingerprint density at radius 3 is 2.03 bits per heavy atom. The number of hydrogen-bond acceptors (Lipinski definition) is 7. The number of benzene rings is 1. The quantitative estimate of drug-likeness (QED) is 0.0775. The molecule has 0 amide bonds. The Labute approximate surface area is 227 Å². The normalized spacial score (nSPS) is 12.9. The number of nitrogens with one attached hydrogen (secondary N) is 1. The number of unbranched alkanes of at least 4 members (excludes halogenated alkanes) is 11. The van der Waals surface area contributed by atoms with Gasteiger partial charge in [-0.05, 0) is 37.1 Å². The maximum Gasteiger partial charge on any atom is 0.330 e. The van der Waals surface area contributed by atoms with Crippen LogP contribution in [0.3, 0.4) is 0 Å². The third kappa shape index (κ3) is 20.4. The highest BCUT2D eigenvalue weighted by molar-refractivity contribution is 7.40. The monoisotopic (exact) mass is 541 g/mol. The van der Waals surface area contributed by atoms with Crippen molar-refractivity contribution in [1.82, 2.24) is 5.32 Å². The van der Waals surface area contributed by atoms with E-state index in [0.29, 0.717) is 18.9 Å². The van der Waals surface area contributed by atoms with Crippen LogP contribution in [0.2, 0.25) is 0 Å². The predicted octanol–water partition coefficient (Wildman–Crippen LogP) is 7.10. The SMILES string of the molecule is CCCCCCCCCCCCCCc1ccc(OCC(COP(O)OCCNCC)OC(C)=O)cc1. The van der Waals surface area contributed by atoms with Crippen LogP contribution in [0.15, 0.2) is 24.3 Å². The van der Waals surface area contributed by atoms with Gasteiger partial charge in [0.25, 0.3) is 0 Å². The van der Waals surface area contributed by atoms with Crippen molar-refractivity contribution in [1.29, 1.82) is 0 Å². The summed E-state index contributed by atoms with van der Waals surface area (Å²) in [6.07, 6.45) is 16.8. The van der Waals surface area contributed by atoms with Gasteiger partial charge in [-0.25, -0.2) is 0 Å². The molecule has 0 heterocycles. The number of rotatable bonds is 25. The molecule has 1 aromatic rings. The lowest BCUT2D eigenvalue weighted by molar-refractivity contribution is -0.149. The molecule has 0 spiro atoms. The minimum absolute atomic E-state index is 0.0000320. The van der Waals surface area contributed by atoms with Crippen molar-refractivity contribution in [2.45, 2.75) is 110 Å². The molecular weight excluding hydrogens is 489 g/mol. The average molecular weight is 542 g/mol. The van der Waals surface area contributed by atoms with Crippen molar-refractivity contribution in [3.05, 3.63) is 29.8 Å². The van der Waals surface area contributed by atoms with Crippen molar-refractivity contribution in [3.63, 3.8) is 0 Å². The molecule has 214 valence electrons. The summed E-state index contributed by atoms with van der Waals surface area (Å²) in [6.45, 7) is 7.55. The highest BCUT2D eigenvalue weighted by Crippen LogP contribution is 2.32. The number of esters is 1. The number of carbonyl (C=O) groups is 1. The van der Waals surface area contributed by atoms with Crippen LogP contribution in [0.5, 0.6) is 5.75 Å². The maximum atomic E-state index is 11.4. The Bertz CT molecular complexity index is 660. The zero-order chi connectivity index (χ0) is 27.0. The topological polar surface area (TPSA) is 86.2 Å². The average Bonchev–Trinajstić information content (AvgIpc) is 2.89. The summed E-state index contributed by atoms with van der Waals surface area (Å²) < 4.78 is 21.6. The minimum atomic E-state index is -2.03. The van der Waals surface area contributed by atoms with E-state index in [9.17, 15) is 9.69 Å². The molecule has 1 rings (SSSR count). The first kappa shape index (κ1) is 33.8. The first-order chi connectivity index (χ1) is 18.0. The summed E-state index contributed by atoms with van der Waals surface area (Å²) in [6, 6.07) is 8.08. The molecule has 0 radical (unpaired) electrons. The smallest absolute Gasteiger partial charge is 0.330 e. The Balaban J connectivity index is 2.18. The molecule has 37 heavy (non-hydrogen) atoms. The van der Waals surface area contributed by atoms with Crippen LogP contribution < -0.4 is 10.1 Å². The van der Waals surface area contributed by atoms with Crippen LogP contribution in [0.25, 0.3) is 0 Å². The highest BCUT2D eigenvalue weighted by Gasteiger charge is 2.17. The van der Waals surface area contributed by atoms with Crippen LogP contribution in [0.4, 0.5) is 0 Å². The van der Waals surface area contributed by atoms with Crippen LogP contribution in [-0.4, -0.2) is 49.9 Å². The van der Waals surface area contributed by atoms with Crippen LogP contribution >= 0.6 is 8.60 Å². The highest BCUT2D eigenvalue weighted by atomic mass is 31.2. The van der Waals surface area contributed by atoms with Gasteiger partial charge in [-0.15, -0.1) is 0 Å². The molecule has 0 aromatic heterocycles. The molecule has 0 aliphatic carbocycles. The standard InChI is InChI=1S/C29H52NO6P/c1-4-6-7-8-9-10-11-12-13-14-15-16-17-27-18-20-28(21-19-27)33-24-29(36-26(3)31)25-35-37(32)34-23-22-30-5-2/h18-21,29-30,32H,4-17,22-25H2,1-3H3. The fourth-order valence-corrected chi connectivity index (χ4v) is 4.64. The molecule has 0 aliphatic rings. The Kier molecular flexibility index (Phi) is 21.8. The molecule has 8 heteroatoms. The van der Waals surface area contributed by atoms with E-state index in [1.54, 1.807) is 0 Å². The summed E-state index contributed by atoms with van der Waals surface area (Å²) in [5.74, 6) is 0.286. The third-order valence-electron chi connectivity index (χ3n) is 6.11. The first-order valence-corrected chi connectivity index (χ1v) is 15.5. The van der Waals surface area contributed by atoms with Gasteiger partial charge in [0, 0.05) is 13.5 Å². The molecule has 2 unspecified atom stereocenters. The van der Waals surface area contributed by atoms with Crippen molar-refractivity contribution in [2.24, 2.45) is 0 Å². The van der Waals surface area contributed by atoms with E-state index in [1.165, 1.54) is 89.5 Å². The number of hydrogen-bond donors (Lipinski definition) is 2. The summed E-state index contributed by atoms with van der Waals surface area (Å²) in [7, 11) is -2.03. The summed E-state index contributed by atoms with van der Waals surface area (Å²) in [5.41, 5.74) is 1.31. The molecule has 2 atom stereocenters. The molecule has 0 aliphatic heterocycles. The lowest BCUT2D eigenvalue weighted by Gasteiger charge is -2.19. The lowest BCUT2D eigenvalue weighted by Crippen LogP contribution is -2.28. The van der Waals surface area contributed by atoms with E-state index in [4.69, 9.17) is 18.5 Å². The molecule has 0 fully saturated rings. The van der Waals surface area contributed by atoms with Crippen LogP contribution in [0, 0.1) is 0 Å². The molecule has 1 aromatic carbocycles. The van der Waals surface area contributed by atoms with Gasteiger partial charge in [-0.1, -0.05) is 96.6 Å². The van der Waals surface area contributed by atoms with Crippen molar-refractivity contribution >= 4 is 14.6 Å². The van der Waals surface area contributed by atoms with E-state index < -0.39 is 20.7 Å². The van der Waals surface area contributed by atoms with Gasteiger partial charge in [-0.2, -0.15) is 0 Å². The number of aryl methyl sites for hydroxylation is 1. The Morgan fingerprint density at radius 1 is 0.865 bits per heavy atom. The zero-order valence-electron chi connectivity index (χ0n) is 23.6. The lowest BCUT2D eigenvalue weighted by atomic mass is 10.0. The third-order valence-corrected chi connectivity index (χ3v) is 6.89. The van der Waals surface area contributed by atoms with Crippen LogP contribution in [0.1, 0.15) is 103 Å². The van der Waals surface area contributed by atoms with Crippen LogP contribution in [-0.2, 0) is 25.0 Å². The van der Waals surface area contributed by atoms with Crippen molar-refractivity contribution < 1.29 is 28.2 Å². The predicted molar refractivity (Wildman–Crippen MR) is 152 cm³/mol. The largest absolute Gasteiger partial charge is 0.490 e. The van der Waals surface area contributed by atoms with Gasteiger partial charge in [0.05, 0.1) is 13.2 Å². The number of ether oxygens (including phenoxy) is 2. The maximum absolute atomic E-state index is 11.4. The second-order valence-corrected chi connectivity index (χ2v) is 10.5. The summed E-state index contributed by atoms with van der Waals surface area (Å²) >= 11 is 0. The van der Waals surface area contributed by atoms with E-state index >= 15 is 0 Å². The second-order valence-electron chi connectivity index (χ2n) is 9.55. The Hall–Kier alpha value is -1.24. The minimum Gasteiger partial charge on any atom is -0.490 e. The van der Waals surface area contributed by atoms with Gasteiger partial charge >= 0.3 is 14.6 Å². The number of carbonyl (C=O) groups excluding carboxylic acids is 1. The van der Waals surface area contributed by atoms with Gasteiger partial charge in [0.15, 0.2) is 6.10 Å². The first-order valence-electron chi connectivity index (χ1n) is 14.4. The second kappa shape index (κ2) is 23.8. The van der Waals surface area contributed by atoms with E-state index in [0.717, 1.165) is 13.0 Å². The zero-order valence-corrected chi connectivity index (χ0v) is 24.4. The summed E-state index contributed by atoms with van der Waals surface area (Å²) in [5, 5.41) is 3.10. The summed E-state index contributed by atoms with van der Waals surface area (Å²) in [4.78, 5) is 21.3. The molecule has 0 saturated carbocycles. The van der Waals surface area contributed by atoms with Gasteiger partial charge < -0.3 is 28.7 Å². The van der Waals surface area contributed by atoms with E-state index in [-0.39, 0.29) is 13.2 Å². The fraction of sp³-hybridized carbons (Fsp3) is 0.759. The molecule has 2 N–H and O–H groups in total. The Morgan fingerprint density at radius 2 is 1.46 bits per heavy atom. The van der Waals surface area contributed by atoms with Gasteiger partial charge in [0.1, 0.15) is 12.4 Å². The molecular formula is C29H52NO6P. The fourth-order valence-electron chi connectivity index (χ4n) is 4.02. The molecule has 0 bridgehead atoms. The van der Waals surface area contributed by atoms with Gasteiger partial charge in [-0.3, -0.25) is 4.79 Å². The van der Waals surface area contributed by atoms with E-state index in [1.807, 2.05) is 19.1 Å². The molecule has 7 nitrogen and oxygen atoms in total. The number of likely N-dealkylation sites (N-methyl/N-ethyl adjacent to an activating group) is 1. The van der Waals surface area contributed by atoms with Crippen molar-refractivity contribution in [3.8, 4) is 5.75 Å². The van der Waals surface area contributed by atoms with E-state index in [2.05, 4.69) is 24.4 Å². The van der Waals surface area contributed by atoms with Gasteiger partial charge in [0.2, 0.25) is 0 Å². The molecule has 0 saturated heterocycles. The van der Waals surface area contributed by atoms with Crippen molar-refractivity contribution in [2.75, 3.05) is 32.9 Å².